The summed E-state index contributed by atoms with van der Waals surface area (Å²) < 4.78 is 1.59. The zero-order valence-corrected chi connectivity index (χ0v) is 15.5. The van der Waals surface area contributed by atoms with Crippen molar-refractivity contribution < 1.29 is 4.79 Å². The van der Waals surface area contributed by atoms with Gasteiger partial charge in [-0.3, -0.25) is 9.69 Å². The van der Waals surface area contributed by atoms with Crippen LogP contribution in [-0.2, 0) is 11.2 Å². The minimum atomic E-state index is -0.132. The van der Waals surface area contributed by atoms with Crippen molar-refractivity contribution in [1.29, 1.82) is 5.26 Å². The van der Waals surface area contributed by atoms with Gasteiger partial charge in [0.05, 0.1) is 18.4 Å². The maximum absolute atomic E-state index is 12.7. The van der Waals surface area contributed by atoms with Crippen LogP contribution in [0.15, 0.2) is 66.9 Å². The lowest BCUT2D eigenvalue weighted by atomic mass is 9.95. The van der Waals surface area contributed by atoms with E-state index in [0.717, 1.165) is 25.1 Å². The summed E-state index contributed by atoms with van der Waals surface area (Å²) in [5, 5.41) is 16.5. The molecule has 1 aliphatic heterocycles. The van der Waals surface area contributed by atoms with Gasteiger partial charge < -0.3 is 5.32 Å². The molecule has 1 aliphatic rings. The lowest BCUT2D eigenvalue weighted by Gasteiger charge is -2.40. The van der Waals surface area contributed by atoms with Crippen molar-refractivity contribution in [2.75, 3.05) is 18.4 Å². The van der Waals surface area contributed by atoms with E-state index >= 15 is 0 Å². The number of amides is 1. The van der Waals surface area contributed by atoms with Gasteiger partial charge in [0.15, 0.2) is 5.82 Å². The molecule has 0 spiro atoms. The SMILES string of the molecule is N#Cc1cnn(-c2ccccc2)c1NC(=O)CN1CC[C@H]1Cc1ccccc1. The van der Waals surface area contributed by atoms with Gasteiger partial charge in [-0.25, -0.2) is 4.68 Å². The van der Waals surface area contributed by atoms with Crippen LogP contribution in [0.4, 0.5) is 5.82 Å². The first-order chi connectivity index (χ1) is 13.7. The number of carbonyl (C=O) groups is 1. The van der Waals surface area contributed by atoms with Crippen LogP contribution >= 0.6 is 0 Å². The Labute approximate surface area is 164 Å². The minimum Gasteiger partial charge on any atom is -0.308 e. The summed E-state index contributed by atoms with van der Waals surface area (Å²) in [4.78, 5) is 14.8. The van der Waals surface area contributed by atoms with Crippen LogP contribution in [0.1, 0.15) is 17.5 Å². The summed E-state index contributed by atoms with van der Waals surface area (Å²) in [6.07, 6.45) is 3.51. The predicted molar refractivity (Wildman–Crippen MR) is 107 cm³/mol. The van der Waals surface area contributed by atoms with Crippen molar-refractivity contribution in [2.45, 2.75) is 18.9 Å². The number of likely N-dealkylation sites (tertiary alicyclic amines) is 1. The van der Waals surface area contributed by atoms with Crippen molar-refractivity contribution >= 4 is 11.7 Å². The fourth-order valence-electron chi connectivity index (χ4n) is 3.49. The van der Waals surface area contributed by atoms with Crippen LogP contribution in [0, 0.1) is 11.3 Å². The molecule has 0 unspecified atom stereocenters. The Bertz CT molecular complexity index is 991. The molecule has 140 valence electrons. The van der Waals surface area contributed by atoms with E-state index in [1.54, 1.807) is 4.68 Å². The summed E-state index contributed by atoms with van der Waals surface area (Å²) >= 11 is 0. The number of rotatable bonds is 6. The smallest absolute Gasteiger partial charge is 0.239 e. The molecular formula is C22H21N5O. The molecule has 0 saturated carbocycles. The number of aromatic nitrogens is 2. The Morgan fingerprint density at radius 2 is 1.86 bits per heavy atom. The molecule has 6 nitrogen and oxygen atoms in total. The van der Waals surface area contributed by atoms with Gasteiger partial charge in [-0.05, 0) is 30.5 Å². The highest BCUT2D eigenvalue weighted by Gasteiger charge is 2.30. The monoisotopic (exact) mass is 371 g/mol. The Hall–Kier alpha value is -3.43. The highest BCUT2D eigenvalue weighted by atomic mass is 16.2. The van der Waals surface area contributed by atoms with Gasteiger partial charge in [-0.2, -0.15) is 10.4 Å². The fourth-order valence-corrected chi connectivity index (χ4v) is 3.49. The number of hydrogen-bond acceptors (Lipinski definition) is 4. The van der Waals surface area contributed by atoms with E-state index in [2.05, 4.69) is 33.5 Å². The lowest BCUT2D eigenvalue weighted by Crippen LogP contribution is -2.51. The molecule has 1 amide bonds. The van der Waals surface area contributed by atoms with E-state index in [1.165, 1.54) is 11.8 Å². The molecule has 28 heavy (non-hydrogen) atoms. The van der Waals surface area contributed by atoms with E-state index in [-0.39, 0.29) is 5.91 Å². The zero-order chi connectivity index (χ0) is 19.3. The molecule has 1 N–H and O–H groups in total. The molecular weight excluding hydrogens is 350 g/mol. The average molecular weight is 371 g/mol. The molecule has 0 aliphatic carbocycles. The number of nitriles is 1. The van der Waals surface area contributed by atoms with E-state index in [0.29, 0.717) is 24.0 Å². The Morgan fingerprint density at radius 3 is 2.50 bits per heavy atom. The first-order valence-corrected chi connectivity index (χ1v) is 9.36. The molecule has 6 heteroatoms. The molecule has 0 bridgehead atoms. The van der Waals surface area contributed by atoms with E-state index in [4.69, 9.17) is 0 Å². The number of anilines is 1. The highest BCUT2D eigenvalue weighted by Crippen LogP contribution is 2.23. The number of nitrogens with one attached hydrogen (secondary N) is 1. The van der Waals surface area contributed by atoms with Crippen LogP contribution in [0.3, 0.4) is 0 Å². The molecule has 2 aromatic carbocycles. The molecule has 1 fully saturated rings. The summed E-state index contributed by atoms with van der Waals surface area (Å²) in [6, 6.07) is 22.3. The summed E-state index contributed by atoms with van der Waals surface area (Å²) in [5.41, 5.74) is 2.43. The van der Waals surface area contributed by atoms with Gasteiger partial charge >= 0.3 is 0 Å². The summed E-state index contributed by atoms with van der Waals surface area (Å²) in [7, 11) is 0. The number of hydrogen-bond donors (Lipinski definition) is 1. The fraction of sp³-hybridized carbons (Fsp3) is 0.227. The van der Waals surface area contributed by atoms with Crippen LogP contribution in [0.2, 0.25) is 0 Å². The quantitative estimate of drug-likeness (QED) is 0.723. The standard InChI is InChI=1S/C22H21N5O/c23-14-18-15-24-27(19-9-5-2-6-10-19)22(18)25-21(28)16-26-12-11-20(26)13-17-7-3-1-4-8-17/h1-10,15,20H,11-13,16H2,(H,25,28)/t20-/m0/s1. The number of para-hydroxylation sites is 1. The van der Waals surface area contributed by atoms with Crippen LogP contribution in [-0.4, -0.2) is 39.7 Å². The normalized spacial score (nSPS) is 16.2. The first-order valence-electron chi connectivity index (χ1n) is 9.36. The van der Waals surface area contributed by atoms with Crippen LogP contribution in [0.5, 0.6) is 0 Å². The second-order valence-electron chi connectivity index (χ2n) is 6.92. The summed E-state index contributed by atoms with van der Waals surface area (Å²) in [5.74, 6) is 0.283. The largest absolute Gasteiger partial charge is 0.308 e. The van der Waals surface area contributed by atoms with Crippen LogP contribution < -0.4 is 5.32 Å². The third kappa shape index (κ3) is 3.80. The second kappa shape index (κ2) is 8.07. The van der Waals surface area contributed by atoms with Crippen molar-refractivity contribution in [2.24, 2.45) is 0 Å². The topological polar surface area (TPSA) is 74.0 Å². The minimum absolute atomic E-state index is 0.132. The number of nitrogens with zero attached hydrogens (tertiary/aromatic N) is 4. The van der Waals surface area contributed by atoms with Crippen molar-refractivity contribution in [3.8, 4) is 11.8 Å². The van der Waals surface area contributed by atoms with E-state index in [1.807, 2.05) is 48.5 Å². The first kappa shape index (κ1) is 18.0. The number of carbonyl (C=O) groups excluding carboxylic acids is 1. The molecule has 4 rings (SSSR count). The number of benzene rings is 2. The molecule has 1 aromatic heterocycles. The third-order valence-electron chi connectivity index (χ3n) is 5.08. The Morgan fingerprint density at radius 1 is 1.14 bits per heavy atom. The van der Waals surface area contributed by atoms with E-state index < -0.39 is 0 Å². The van der Waals surface area contributed by atoms with E-state index in [9.17, 15) is 10.1 Å². The molecule has 2 heterocycles. The maximum atomic E-state index is 12.7. The Balaban J connectivity index is 1.43. The van der Waals surface area contributed by atoms with Crippen molar-refractivity contribution in [1.82, 2.24) is 14.7 Å². The van der Waals surface area contributed by atoms with Gasteiger partial charge in [0, 0.05) is 12.6 Å². The Kier molecular flexibility index (Phi) is 5.18. The van der Waals surface area contributed by atoms with Crippen molar-refractivity contribution in [3.05, 3.63) is 78.0 Å². The van der Waals surface area contributed by atoms with Gasteiger partial charge in [0.25, 0.3) is 0 Å². The zero-order valence-electron chi connectivity index (χ0n) is 15.5. The van der Waals surface area contributed by atoms with Crippen molar-refractivity contribution in [3.63, 3.8) is 0 Å². The molecule has 0 radical (unpaired) electrons. The molecule has 1 saturated heterocycles. The van der Waals surface area contributed by atoms with Gasteiger partial charge in [0.1, 0.15) is 11.6 Å². The molecule has 3 aromatic rings. The van der Waals surface area contributed by atoms with Gasteiger partial charge in [0.2, 0.25) is 5.91 Å². The average Bonchev–Trinajstić information content (AvgIpc) is 3.13. The van der Waals surface area contributed by atoms with Gasteiger partial charge in [-0.15, -0.1) is 0 Å². The highest BCUT2D eigenvalue weighted by molar-refractivity contribution is 5.93. The van der Waals surface area contributed by atoms with Gasteiger partial charge in [-0.1, -0.05) is 48.5 Å². The lowest BCUT2D eigenvalue weighted by molar-refractivity contribution is -0.119. The molecule has 1 atom stereocenters. The maximum Gasteiger partial charge on any atom is 0.239 e. The third-order valence-corrected chi connectivity index (χ3v) is 5.08. The van der Waals surface area contributed by atoms with Crippen LogP contribution in [0.25, 0.3) is 5.69 Å². The predicted octanol–water partition coefficient (Wildman–Crippen LogP) is 3.00. The second-order valence-corrected chi connectivity index (χ2v) is 6.92. The summed E-state index contributed by atoms with van der Waals surface area (Å²) in [6.45, 7) is 1.22.